The number of halogens is 1. The molecule has 0 bridgehead atoms. The molecule has 1 aromatic rings. The van der Waals surface area contributed by atoms with Crippen molar-refractivity contribution in [3.8, 4) is 0 Å². The maximum atomic E-state index is 10.6. The van der Waals surface area contributed by atoms with Crippen LogP contribution in [0.15, 0.2) is 27.6 Å². The second-order valence-electron chi connectivity index (χ2n) is 2.76. The number of rotatable bonds is 4. The van der Waals surface area contributed by atoms with Gasteiger partial charge in [0, 0.05) is 9.37 Å². The summed E-state index contributed by atoms with van der Waals surface area (Å²) < 4.78 is 0.861. The smallest absolute Gasteiger partial charge is 0.307 e. The van der Waals surface area contributed by atoms with Gasteiger partial charge in [-0.1, -0.05) is 22.9 Å². The predicted octanol–water partition coefficient (Wildman–Crippen LogP) is 3.19. The van der Waals surface area contributed by atoms with Crippen molar-refractivity contribution in [2.24, 2.45) is 0 Å². The van der Waals surface area contributed by atoms with Crippen LogP contribution in [0.25, 0.3) is 0 Å². The molecule has 0 amide bonds. The molecule has 1 rings (SSSR count). The van der Waals surface area contributed by atoms with E-state index in [1.807, 2.05) is 18.2 Å². The summed E-state index contributed by atoms with van der Waals surface area (Å²) in [6.07, 6.45) is 0.0682. The van der Waals surface area contributed by atoms with Crippen LogP contribution in [0.3, 0.4) is 0 Å². The molecule has 0 radical (unpaired) electrons. The van der Waals surface area contributed by atoms with Gasteiger partial charge in [-0.15, -0.1) is 11.8 Å². The maximum Gasteiger partial charge on any atom is 0.307 e. The summed E-state index contributed by atoms with van der Waals surface area (Å²) in [4.78, 5) is 11.7. The van der Waals surface area contributed by atoms with E-state index in [2.05, 4.69) is 22.9 Å². The van der Waals surface area contributed by atoms with Crippen LogP contribution in [-0.4, -0.2) is 16.8 Å². The third-order valence-corrected chi connectivity index (χ3v) is 3.32. The zero-order valence-corrected chi connectivity index (χ0v) is 10.2. The van der Waals surface area contributed by atoms with Crippen LogP contribution in [0, 0.1) is 0 Å². The van der Waals surface area contributed by atoms with Gasteiger partial charge in [0.25, 0.3) is 0 Å². The Balaban J connectivity index is 2.90. The van der Waals surface area contributed by atoms with Crippen molar-refractivity contribution in [1.29, 1.82) is 0 Å². The molecule has 4 heteroatoms. The van der Waals surface area contributed by atoms with Gasteiger partial charge in [-0.2, -0.15) is 0 Å². The van der Waals surface area contributed by atoms with Gasteiger partial charge in [0.1, 0.15) is 0 Å². The summed E-state index contributed by atoms with van der Waals surface area (Å²) in [5.74, 6) is 0.193. The molecule has 0 spiro atoms. The topological polar surface area (TPSA) is 37.3 Å². The van der Waals surface area contributed by atoms with E-state index < -0.39 is 5.97 Å². The fourth-order valence-electron chi connectivity index (χ4n) is 1.11. The number of hydrogen-bond acceptors (Lipinski definition) is 2. The van der Waals surface area contributed by atoms with Crippen LogP contribution in [0.1, 0.15) is 12.5 Å². The minimum atomic E-state index is -0.802. The molecule has 1 N–H and O–H groups in total. The fourth-order valence-corrected chi connectivity index (χ4v) is 2.22. The van der Waals surface area contributed by atoms with Crippen LogP contribution in [0.2, 0.25) is 0 Å². The first-order chi connectivity index (χ1) is 6.63. The van der Waals surface area contributed by atoms with Crippen LogP contribution in [0.4, 0.5) is 0 Å². The molecule has 0 fully saturated rings. The molecule has 0 atom stereocenters. The summed E-state index contributed by atoms with van der Waals surface area (Å²) in [5.41, 5.74) is 0.830. The zero-order valence-electron chi connectivity index (χ0n) is 7.79. The summed E-state index contributed by atoms with van der Waals surface area (Å²) in [7, 11) is 0. The van der Waals surface area contributed by atoms with Crippen molar-refractivity contribution >= 4 is 33.7 Å². The molecule has 0 aliphatic rings. The zero-order chi connectivity index (χ0) is 10.6. The minimum absolute atomic E-state index is 0.0682. The summed E-state index contributed by atoms with van der Waals surface area (Å²) in [6.45, 7) is 2.07. The van der Waals surface area contributed by atoms with Gasteiger partial charge in [-0.3, -0.25) is 4.79 Å². The number of hydrogen-bond donors (Lipinski definition) is 1. The molecule has 0 saturated heterocycles. The Hall–Kier alpha value is -0.480. The van der Waals surface area contributed by atoms with Gasteiger partial charge in [-0.25, -0.2) is 0 Å². The highest BCUT2D eigenvalue weighted by Crippen LogP contribution is 2.25. The molecule has 76 valence electrons. The van der Waals surface area contributed by atoms with E-state index in [0.717, 1.165) is 20.7 Å². The van der Waals surface area contributed by atoms with Crippen LogP contribution >= 0.6 is 27.7 Å². The van der Waals surface area contributed by atoms with Gasteiger partial charge in [-0.05, 0) is 29.5 Å². The van der Waals surface area contributed by atoms with Crippen molar-refractivity contribution in [2.45, 2.75) is 18.2 Å². The van der Waals surface area contributed by atoms with Crippen LogP contribution in [0.5, 0.6) is 0 Å². The predicted molar refractivity (Wildman–Crippen MR) is 61.9 cm³/mol. The average molecular weight is 275 g/mol. The number of thioether (sulfide) groups is 1. The van der Waals surface area contributed by atoms with Gasteiger partial charge in [0.2, 0.25) is 0 Å². The second kappa shape index (κ2) is 5.41. The first-order valence-corrected chi connectivity index (χ1v) is 6.04. The van der Waals surface area contributed by atoms with E-state index in [9.17, 15) is 4.79 Å². The molecule has 0 aromatic heterocycles. The Morgan fingerprint density at radius 2 is 2.29 bits per heavy atom. The van der Waals surface area contributed by atoms with Gasteiger partial charge < -0.3 is 5.11 Å². The molecule has 0 aliphatic carbocycles. The Morgan fingerprint density at radius 1 is 1.57 bits per heavy atom. The standard InChI is InChI=1S/C10H11BrO2S/c1-2-14-8-3-4-9(11)7(5-8)6-10(12)13/h3-5H,2,6H2,1H3,(H,12,13). The van der Waals surface area contributed by atoms with Gasteiger partial charge >= 0.3 is 5.97 Å². The molecule has 0 unspecified atom stereocenters. The lowest BCUT2D eigenvalue weighted by Crippen LogP contribution is -2.00. The Morgan fingerprint density at radius 3 is 2.86 bits per heavy atom. The van der Waals surface area contributed by atoms with E-state index in [-0.39, 0.29) is 6.42 Å². The van der Waals surface area contributed by atoms with Gasteiger partial charge in [0.15, 0.2) is 0 Å². The number of carbonyl (C=O) groups is 1. The molecule has 0 aliphatic heterocycles. The number of benzene rings is 1. The normalized spacial score (nSPS) is 10.1. The minimum Gasteiger partial charge on any atom is -0.481 e. The van der Waals surface area contributed by atoms with E-state index in [4.69, 9.17) is 5.11 Å². The molecular formula is C10H11BrO2S. The molecule has 2 nitrogen and oxygen atoms in total. The Labute approximate surface area is 95.8 Å². The van der Waals surface area contributed by atoms with E-state index >= 15 is 0 Å². The maximum absolute atomic E-state index is 10.6. The monoisotopic (exact) mass is 274 g/mol. The van der Waals surface area contributed by atoms with Crippen molar-refractivity contribution in [2.75, 3.05) is 5.75 Å². The lowest BCUT2D eigenvalue weighted by Gasteiger charge is -2.04. The van der Waals surface area contributed by atoms with E-state index in [0.29, 0.717) is 0 Å². The number of carboxylic acids is 1. The van der Waals surface area contributed by atoms with Crippen molar-refractivity contribution in [1.82, 2.24) is 0 Å². The second-order valence-corrected chi connectivity index (χ2v) is 4.95. The van der Waals surface area contributed by atoms with Crippen LogP contribution < -0.4 is 0 Å². The lowest BCUT2D eigenvalue weighted by atomic mass is 10.1. The van der Waals surface area contributed by atoms with E-state index in [1.165, 1.54) is 0 Å². The van der Waals surface area contributed by atoms with Crippen molar-refractivity contribution in [3.05, 3.63) is 28.2 Å². The highest BCUT2D eigenvalue weighted by atomic mass is 79.9. The number of carboxylic acid groups (broad SMARTS) is 1. The Bertz CT molecular complexity index is 339. The Kier molecular flexibility index (Phi) is 4.48. The summed E-state index contributed by atoms with van der Waals surface area (Å²) >= 11 is 5.05. The van der Waals surface area contributed by atoms with Gasteiger partial charge in [0.05, 0.1) is 6.42 Å². The quantitative estimate of drug-likeness (QED) is 0.857. The molecule has 0 saturated carbocycles. The van der Waals surface area contributed by atoms with Crippen LogP contribution in [-0.2, 0) is 11.2 Å². The molecule has 14 heavy (non-hydrogen) atoms. The first-order valence-electron chi connectivity index (χ1n) is 4.26. The SMILES string of the molecule is CCSc1ccc(Br)c(CC(=O)O)c1. The lowest BCUT2D eigenvalue weighted by molar-refractivity contribution is -0.136. The number of aliphatic carboxylic acids is 1. The van der Waals surface area contributed by atoms with E-state index in [1.54, 1.807) is 11.8 Å². The molecule has 0 heterocycles. The van der Waals surface area contributed by atoms with Crippen molar-refractivity contribution in [3.63, 3.8) is 0 Å². The summed E-state index contributed by atoms with van der Waals surface area (Å²) in [6, 6.07) is 5.81. The average Bonchev–Trinajstić information content (AvgIpc) is 2.10. The third kappa shape index (κ3) is 3.35. The summed E-state index contributed by atoms with van der Waals surface area (Å²) in [5, 5.41) is 8.68. The highest BCUT2D eigenvalue weighted by molar-refractivity contribution is 9.10. The first kappa shape index (κ1) is 11.6. The third-order valence-electron chi connectivity index (χ3n) is 1.67. The molecule has 1 aromatic carbocycles. The largest absolute Gasteiger partial charge is 0.481 e. The van der Waals surface area contributed by atoms with Crippen molar-refractivity contribution < 1.29 is 9.90 Å². The highest BCUT2D eigenvalue weighted by Gasteiger charge is 2.05. The molecular weight excluding hydrogens is 264 g/mol. The fraction of sp³-hybridized carbons (Fsp3) is 0.300.